The second-order valence-electron chi connectivity index (χ2n) is 6.67. The van der Waals surface area contributed by atoms with Crippen molar-refractivity contribution in [3.8, 4) is 0 Å². The SMILES string of the molecule is CCN(CC(=O)O)C(CC(C)C)CN(CCN(C)C)CC(=O)O. The molecule has 0 aromatic rings. The molecule has 0 saturated heterocycles. The van der Waals surface area contributed by atoms with Gasteiger partial charge < -0.3 is 15.1 Å². The second kappa shape index (κ2) is 11.4. The van der Waals surface area contributed by atoms with Crippen LogP contribution in [0.1, 0.15) is 27.2 Å². The van der Waals surface area contributed by atoms with Gasteiger partial charge in [0, 0.05) is 25.7 Å². The summed E-state index contributed by atoms with van der Waals surface area (Å²) in [7, 11) is 3.90. The Hall–Kier alpha value is -1.18. The lowest BCUT2D eigenvalue weighted by atomic mass is 10.0. The van der Waals surface area contributed by atoms with Crippen molar-refractivity contribution in [1.82, 2.24) is 14.7 Å². The zero-order valence-corrected chi connectivity index (χ0v) is 15.2. The van der Waals surface area contributed by atoms with E-state index in [1.807, 2.05) is 35.7 Å². The van der Waals surface area contributed by atoms with Gasteiger partial charge in [0.1, 0.15) is 0 Å². The van der Waals surface area contributed by atoms with Crippen LogP contribution in [0.3, 0.4) is 0 Å². The summed E-state index contributed by atoms with van der Waals surface area (Å²) in [6.07, 6.45) is 0.846. The molecule has 0 saturated carbocycles. The highest BCUT2D eigenvalue weighted by atomic mass is 16.4. The summed E-state index contributed by atoms with van der Waals surface area (Å²) in [5.74, 6) is -1.28. The van der Waals surface area contributed by atoms with E-state index in [0.29, 0.717) is 25.6 Å². The van der Waals surface area contributed by atoms with Gasteiger partial charge in [-0.3, -0.25) is 19.4 Å². The van der Waals surface area contributed by atoms with Crippen molar-refractivity contribution in [2.75, 3.05) is 53.4 Å². The molecule has 7 nitrogen and oxygen atoms in total. The maximum Gasteiger partial charge on any atom is 0.317 e. The van der Waals surface area contributed by atoms with Crippen LogP contribution in [0.5, 0.6) is 0 Å². The Labute approximate surface area is 139 Å². The number of aliphatic carboxylic acids is 2. The zero-order chi connectivity index (χ0) is 18.0. The van der Waals surface area contributed by atoms with Crippen molar-refractivity contribution in [3.63, 3.8) is 0 Å². The van der Waals surface area contributed by atoms with E-state index < -0.39 is 11.9 Å². The minimum absolute atomic E-state index is 0.0114. The minimum atomic E-state index is -0.853. The van der Waals surface area contributed by atoms with Crippen LogP contribution in [0, 0.1) is 5.92 Å². The van der Waals surface area contributed by atoms with Crippen LogP contribution in [-0.2, 0) is 9.59 Å². The molecule has 0 rings (SSSR count). The number of carbonyl (C=O) groups is 2. The quantitative estimate of drug-likeness (QED) is 0.515. The molecule has 0 aliphatic heterocycles. The third-order valence-corrected chi connectivity index (χ3v) is 3.70. The third kappa shape index (κ3) is 11.1. The number of rotatable bonds is 13. The van der Waals surface area contributed by atoms with Gasteiger partial charge in [0.05, 0.1) is 13.1 Å². The molecule has 1 unspecified atom stereocenters. The van der Waals surface area contributed by atoms with Crippen LogP contribution in [-0.4, -0.2) is 96.3 Å². The monoisotopic (exact) mass is 331 g/mol. The first-order valence-corrected chi connectivity index (χ1v) is 8.20. The summed E-state index contributed by atoms with van der Waals surface area (Å²) in [6, 6.07) is 0.0395. The fourth-order valence-electron chi connectivity index (χ4n) is 2.62. The van der Waals surface area contributed by atoms with Crippen LogP contribution < -0.4 is 0 Å². The molecule has 1 atom stereocenters. The van der Waals surface area contributed by atoms with E-state index in [1.54, 1.807) is 0 Å². The lowest BCUT2D eigenvalue weighted by Gasteiger charge is -2.35. The molecule has 0 spiro atoms. The van der Waals surface area contributed by atoms with Crippen LogP contribution in [0.25, 0.3) is 0 Å². The van der Waals surface area contributed by atoms with E-state index in [4.69, 9.17) is 10.2 Å². The minimum Gasteiger partial charge on any atom is -0.480 e. The fraction of sp³-hybridized carbons (Fsp3) is 0.875. The van der Waals surface area contributed by atoms with E-state index in [9.17, 15) is 9.59 Å². The molecule has 0 amide bonds. The molecule has 0 bridgehead atoms. The summed E-state index contributed by atoms with van der Waals surface area (Å²) >= 11 is 0. The van der Waals surface area contributed by atoms with Crippen LogP contribution in [0.15, 0.2) is 0 Å². The normalized spacial score (nSPS) is 13.3. The Kier molecular flexibility index (Phi) is 10.8. The summed E-state index contributed by atoms with van der Waals surface area (Å²) in [6.45, 7) is 8.74. The fourth-order valence-corrected chi connectivity index (χ4v) is 2.62. The second-order valence-corrected chi connectivity index (χ2v) is 6.67. The van der Waals surface area contributed by atoms with Crippen LogP contribution >= 0.6 is 0 Å². The molecule has 0 aromatic carbocycles. The van der Waals surface area contributed by atoms with E-state index in [0.717, 1.165) is 13.0 Å². The summed E-state index contributed by atoms with van der Waals surface area (Å²) in [4.78, 5) is 28.0. The molecular weight excluding hydrogens is 298 g/mol. The van der Waals surface area contributed by atoms with Gasteiger partial charge in [-0.25, -0.2) is 0 Å². The molecule has 0 aliphatic carbocycles. The summed E-state index contributed by atoms with van der Waals surface area (Å²) in [5.41, 5.74) is 0. The average Bonchev–Trinajstić information content (AvgIpc) is 2.39. The highest BCUT2D eigenvalue weighted by Crippen LogP contribution is 2.13. The van der Waals surface area contributed by atoms with Crippen LogP contribution in [0.2, 0.25) is 0 Å². The van der Waals surface area contributed by atoms with Crippen LogP contribution in [0.4, 0.5) is 0 Å². The third-order valence-electron chi connectivity index (χ3n) is 3.70. The number of nitrogens with zero attached hydrogens (tertiary/aromatic N) is 3. The molecule has 0 aliphatic rings. The van der Waals surface area contributed by atoms with E-state index in [2.05, 4.69) is 13.8 Å². The van der Waals surface area contributed by atoms with Crippen molar-refractivity contribution in [2.24, 2.45) is 5.92 Å². The molecule has 0 radical (unpaired) electrons. The number of carboxylic acids is 2. The molecule has 136 valence electrons. The molecule has 23 heavy (non-hydrogen) atoms. The topological polar surface area (TPSA) is 84.3 Å². The van der Waals surface area contributed by atoms with Crippen molar-refractivity contribution < 1.29 is 19.8 Å². The van der Waals surface area contributed by atoms with Crippen molar-refractivity contribution in [3.05, 3.63) is 0 Å². The number of likely N-dealkylation sites (N-methyl/N-ethyl adjacent to an activating group) is 2. The number of hydrogen-bond acceptors (Lipinski definition) is 5. The first kappa shape index (κ1) is 21.8. The van der Waals surface area contributed by atoms with Crippen molar-refractivity contribution >= 4 is 11.9 Å². The molecule has 7 heteroatoms. The Morgan fingerprint density at radius 2 is 1.57 bits per heavy atom. The maximum atomic E-state index is 11.1. The largest absolute Gasteiger partial charge is 0.480 e. The lowest BCUT2D eigenvalue weighted by molar-refractivity contribution is -0.141. The van der Waals surface area contributed by atoms with E-state index >= 15 is 0 Å². The lowest BCUT2D eigenvalue weighted by Crippen LogP contribution is -2.48. The predicted octanol–water partition coefficient (Wildman–Crippen LogP) is 0.756. The summed E-state index contributed by atoms with van der Waals surface area (Å²) < 4.78 is 0. The molecule has 0 fully saturated rings. The summed E-state index contributed by atoms with van der Waals surface area (Å²) in [5, 5.41) is 18.2. The standard InChI is InChI=1S/C16H33N3O4/c1-6-19(12-16(22)23)14(9-13(2)3)10-18(11-15(20)21)8-7-17(4)5/h13-14H,6-12H2,1-5H3,(H,20,21)(H,22,23). The first-order chi connectivity index (χ1) is 10.6. The molecule has 0 heterocycles. The van der Waals surface area contributed by atoms with Gasteiger partial charge >= 0.3 is 11.9 Å². The average molecular weight is 331 g/mol. The zero-order valence-electron chi connectivity index (χ0n) is 15.2. The highest BCUT2D eigenvalue weighted by molar-refractivity contribution is 5.69. The Bertz CT molecular complexity index is 361. The van der Waals surface area contributed by atoms with Gasteiger partial charge in [-0.1, -0.05) is 20.8 Å². The van der Waals surface area contributed by atoms with Crippen molar-refractivity contribution in [1.29, 1.82) is 0 Å². The number of hydrogen-bond donors (Lipinski definition) is 2. The smallest absolute Gasteiger partial charge is 0.317 e. The number of carboxylic acid groups (broad SMARTS) is 2. The highest BCUT2D eigenvalue weighted by Gasteiger charge is 2.24. The van der Waals surface area contributed by atoms with Gasteiger partial charge in [-0.05, 0) is 33.0 Å². The first-order valence-electron chi connectivity index (χ1n) is 8.20. The Morgan fingerprint density at radius 3 is 1.96 bits per heavy atom. The van der Waals surface area contributed by atoms with Gasteiger partial charge in [-0.15, -0.1) is 0 Å². The van der Waals surface area contributed by atoms with Gasteiger partial charge in [0.2, 0.25) is 0 Å². The Morgan fingerprint density at radius 1 is 1.00 bits per heavy atom. The van der Waals surface area contributed by atoms with E-state index in [1.165, 1.54) is 0 Å². The molecule has 2 N–H and O–H groups in total. The van der Waals surface area contributed by atoms with Crippen molar-refractivity contribution in [2.45, 2.75) is 33.2 Å². The molecule has 0 aromatic heterocycles. The maximum absolute atomic E-state index is 11.1. The van der Waals surface area contributed by atoms with Gasteiger partial charge in [-0.2, -0.15) is 0 Å². The van der Waals surface area contributed by atoms with E-state index in [-0.39, 0.29) is 19.1 Å². The van der Waals surface area contributed by atoms with Gasteiger partial charge in [0.15, 0.2) is 0 Å². The van der Waals surface area contributed by atoms with Gasteiger partial charge in [0.25, 0.3) is 0 Å². The Balaban J connectivity index is 5.00. The molecular formula is C16H33N3O4. The predicted molar refractivity (Wildman–Crippen MR) is 90.8 cm³/mol.